The van der Waals surface area contributed by atoms with Crippen molar-refractivity contribution in [1.82, 2.24) is 15.2 Å². The van der Waals surface area contributed by atoms with E-state index in [1.54, 1.807) is 0 Å². The Morgan fingerprint density at radius 1 is 1.59 bits per heavy atom. The van der Waals surface area contributed by atoms with Crippen LogP contribution in [0.15, 0.2) is 5.38 Å². The fourth-order valence-electron chi connectivity index (χ4n) is 2.79. The van der Waals surface area contributed by atoms with E-state index in [9.17, 15) is 0 Å². The zero-order valence-electron chi connectivity index (χ0n) is 11.2. The number of aromatic nitrogens is 1. The van der Waals surface area contributed by atoms with Gasteiger partial charge in [0.1, 0.15) is 5.01 Å². The van der Waals surface area contributed by atoms with Gasteiger partial charge in [0.15, 0.2) is 0 Å². The summed E-state index contributed by atoms with van der Waals surface area (Å²) in [6, 6.07) is 1.12. The number of hydrogen-bond donors (Lipinski definition) is 1. The summed E-state index contributed by atoms with van der Waals surface area (Å²) in [5, 5.41) is 6.80. The van der Waals surface area contributed by atoms with E-state index in [1.165, 1.54) is 18.0 Å². The number of likely N-dealkylation sites (tertiary alicyclic amines) is 1. The van der Waals surface area contributed by atoms with E-state index in [1.807, 2.05) is 18.4 Å². The maximum atomic E-state index is 4.71. The molecule has 2 atom stereocenters. The summed E-state index contributed by atoms with van der Waals surface area (Å²) in [6.45, 7) is 8.95. The molecule has 1 fully saturated rings. The van der Waals surface area contributed by atoms with Crippen molar-refractivity contribution in [3.05, 3.63) is 16.1 Å². The number of nitrogens with zero attached hydrogens (tertiary/aromatic N) is 2. The molecule has 2 unspecified atom stereocenters. The molecular weight excluding hydrogens is 230 g/mol. The van der Waals surface area contributed by atoms with Crippen LogP contribution in [0.1, 0.15) is 37.0 Å². The highest BCUT2D eigenvalue weighted by Gasteiger charge is 2.37. The van der Waals surface area contributed by atoms with Crippen molar-refractivity contribution in [3.63, 3.8) is 0 Å². The molecule has 1 aliphatic heterocycles. The third-order valence-electron chi connectivity index (χ3n) is 3.58. The second kappa shape index (κ2) is 5.46. The Kier molecular flexibility index (Phi) is 4.17. The van der Waals surface area contributed by atoms with E-state index >= 15 is 0 Å². The normalized spacial score (nSPS) is 25.9. The number of thiazole rings is 1. The molecule has 0 amide bonds. The smallest absolute Gasteiger partial charge is 0.110 e. The quantitative estimate of drug-likeness (QED) is 0.893. The molecule has 0 saturated carbocycles. The third-order valence-corrected chi connectivity index (χ3v) is 4.61. The van der Waals surface area contributed by atoms with E-state index in [-0.39, 0.29) is 0 Å². The van der Waals surface area contributed by atoms with Gasteiger partial charge in [0.2, 0.25) is 0 Å². The van der Waals surface area contributed by atoms with Gasteiger partial charge in [0, 0.05) is 17.1 Å². The van der Waals surface area contributed by atoms with Gasteiger partial charge in [-0.3, -0.25) is 4.90 Å². The van der Waals surface area contributed by atoms with Gasteiger partial charge in [-0.2, -0.15) is 0 Å². The van der Waals surface area contributed by atoms with Crippen LogP contribution in [0, 0.1) is 12.8 Å². The average Bonchev–Trinajstić information content (AvgIpc) is 2.84. The van der Waals surface area contributed by atoms with Crippen LogP contribution >= 0.6 is 11.3 Å². The van der Waals surface area contributed by atoms with E-state index in [4.69, 9.17) is 4.98 Å². The minimum Gasteiger partial charge on any atom is -0.319 e. The number of hydrogen-bond acceptors (Lipinski definition) is 4. The Balaban J connectivity index is 2.22. The monoisotopic (exact) mass is 253 g/mol. The molecule has 2 heterocycles. The van der Waals surface area contributed by atoms with Crippen molar-refractivity contribution in [2.45, 2.75) is 39.3 Å². The highest BCUT2D eigenvalue weighted by molar-refractivity contribution is 7.09. The highest BCUT2D eigenvalue weighted by Crippen LogP contribution is 2.39. The highest BCUT2D eigenvalue weighted by atomic mass is 32.1. The molecule has 96 valence electrons. The van der Waals surface area contributed by atoms with E-state index in [0.717, 1.165) is 12.2 Å². The van der Waals surface area contributed by atoms with Gasteiger partial charge in [0.25, 0.3) is 0 Å². The molecule has 1 aromatic rings. The summed E-state index contributed by atoms with van der Waals surface area (Å²) in [4.78, 5) is 7.30. The van der Waals surface area contributed by atoms with Crippen LogP contribution in [0.25, 0.3) is 0 Å². The molecule has 0 aliphatic carbocycles. The van der Waals surface area contributed by atoms with E-state index < -0.39 is 0 Å². The second-order valence-electron chi connectivity index (χ2n) is 5.21. The first-order valence-electron chi connectivity index (χ1n) is 6.46. The van der Waals surface area contributed by atoms with Crippen LogP contribution < -0.4 is 5.32 Å². The van der Waals surface area contributed by atoms with Crippen molar-refractivity contribution in [2.75, 3.05) is 20.1 Å². The molecule has 0 aromatic carbocycles. The fourth-order valence-corrected chi connectivity index (χ4v) is 3.80. The average molecular weight is 253 g/mol. The zero-order valence-corrected chi connectivity index (χ0v) is 12.0. The van der Waals surface area contributed by atoms with Gasteiger partial charge in [-0.25, -0.2) is 4.98 Å². The maximum Gasteiger partial charge on any atom is 0.110 e. The van der Waals surface area contributed by atoms with Gasteiger partial charge in [0.05, 0.1) is 6.04 Å². The Morgan fingerprint density at radius 2 is 2.35 bits per heavy atom. The molecule has 0 bridgehead atoms. The SMILES string of the molecule is CNCC1CCN(C(C)C)C1c1nc(C)cs1. The molecule has 1 aromatic heterocycles. The first-order chi connectivity index (χ1) is 8.13. The first-order valence-corrected chi connectivity index (χ1v) is 7.33. The van der Waals surface area contributed by atoms with Gasteiger partial charge in [-0.05, 0) is 53.2 Å². The molecule has 2 rings (SSSR count). The standard InChI is InChI=1S/C13H23N3S/c1-9(2)16-6-5-11(7-14-4)12(16)13-15-10(3)8-17-13/h8-9,11-12,14H,5-7H2,1-4H3. The number of aryl methyl sites for hydroxylation is 1. The molecule has 1 saturated heterocycles. The Morgan fingerprint density at radius 3 is 2.88 bits per heavy atom. The molecule has 4 heteroatoms. The van der Waals surface area contributed by atoms with Crippen LogP contribution in [0.2, 0.25) is 0 Å². The molecule has 3 nitrogen and oxygen atoms in total. The Bertz CT molecular complexity index is 361. The van der Waals surface area contributed by atoms with Crippen molar-refractivity contribution in [2.24, 2.45) is 5.92 Å². The lowest BCUT2D eigenvalue weighted by Gasteiger charge is -2.29. The second-order valence-corrected chi connectivity index (χ2v) is 6.10. The topological polar surface area (TPSA) is 28.2 Å². The predicted octanol–water partition coefficient (Wildman–Crippen LogP) is 2.44. The summed E-state index contributed by atoms with van der Waals surface area (Å²) in [6.07, 6.45) is 1.28. The molecule has 1 aliphatic rings. The van der Waals surface area contributed by atoms with Crippen molar-refractivity contribution >= 4 is 11.3 Å². The molecular formula is C13H23N3S. The fraction of sp³-hybridized carbons (Fsp3) is 0.769. The van der Waals surface area contributed by atoms with Crippen molar-refractivity contribution in [3.8, 4) is 0 Å². The number of nitrogens with one attached hydrogen (secondary N) is 1. The molecule has 1 N–H and O–H groups in total. The summed E-state index contributed by atoms with van der Waals surface area (Å²) in [5.41, 5.74) is 1.16. The van der Waals surface area contributed by atoms with Crippen molar-refractivity contribution < 1.29 is 0 Å². The third kappa shape index (κ3) is 2.69. The first kappa shape index (κ1) is 13.0. The van der Waals surface area contributed by atoms with E-state index in [0.29, 0.717) is 18.0 Å². The largest absolute Gasteiger partial charge is 0.319 e. The lowest BCUT2D eigenvalue weighted by atomic mass is 10.0. The lowest BCUT2D eigenvalue weighted by Crippen LogP contribution is -2.33. The predicted molar refractivity (Wildman–Crippen MR) is 73.5 cm³/mol. The number of rotatable bonds is 4. The van der Waals surface area contributed by atoms with Gasteiger partial charge < -0.3 is 5.32 Å². The van der Waals surface area contributed by atoms with Gasteiger partial charge in [-0.15, -0.1) is 11.3 Å². The molecule has 0 radical (unpaired) electrons. The van der Waals surface area contributed by atoms with Crippen LogP contribution in [-0.2, 0) is 0 Å². The van der Waals surface area contributed by atoms with Gasteiger partial charge in [-0.1, -0.05) is 0 Å². The molecule has 0 spiro atoms. The van der Waals surface area contributed by atoms with Crippen molar-refractivity contribution in [1.29, 1.82) is 0 Å². The van der Waals surface area contributed by atoms with Crippen LogP contribution in [0.4, 0.5) is 0 Å². The van der Waals surface area contributed by atoms with Gasteiger partial charge >= 0.3 is 0 Å². The summed E-state index contributed by atoms with van der Waals surface area (Å²) in [7, 11) is 2.04. The summed E-state index contributed by atoms with van der Waals surface area (Å²) >= 11 is 1.82. The minimum absolute atomic E-state index is 0.515. The molecule has 17 heavy (non-hydrogen) atoms. The zero-order chi connectivity index (χ0) is 12.4. The lowest BCUT2D eigenvalue weighted by molar-refractivity contribution is 0.182. The minimum atomic E-state index is 0.515. The summed E-state index contributed by atoms with van der Waals surface area (Å²) in [5.74, 6) is 0.702. The maximum absolute atomic E-state index is 4.71. The van der Waals surface area contributed by atoms with Crippen LogP contribution in [-0.4, -0.2) is 36.1 Å². The van der Waals surface area contributed by atoms with Crippen LogP contribution in [0.3, 0.4) is 0 Å². The Labute approximate surface area is 108 Å². The summed E-state index contributed by atoms with van der Waals surface area (Å²) < 4.78 is 0. The Hall–Kier alpha value is -0.450. The van der Waals surface area contributed by atoms with Crippen LogP contribution in [0.5, 0.6) is 0 Å². The van der Waals surface area contributed by atoms with E-state index in [2.05, 4.69) is 36.4 Å².